The number of hydrogen-bond acceptors (Lipinski definition) is 5. The zero-order valence-corrected chi connectivity index (χ0v) is 18.1. The summed E-state index contributed by atoms with van der Waals surface area (Å²) < 4.78 is 80.4. The van der Waals surface area contributed by atoms with Crippen molar-refractivity contribution in [1.29, 1.82) is 0 Å². The van der Waals surface area contributed by atoms with Crippen LogP contribution in [0.15, 0.2) is 30.3 Å². The van der Waals surface area contributed by atoms with E-state index in [1.54, 1.807) is 10.8 Å². The number of phenols is 1. The molecule has 178 valence electrons. The van der Waals surface area contributed by atoms with Crippen LogP contribution >= 0.6 is 0 Å². The number of nitrogens with zero attached hydrogens (tertiary/aromatic N) is 2. The third-order valence-corrected chi connectivity index (χ3v) is 7.13. The lowest BCUT2D eigenvalue weighted by atomic mass is 9.97. The van der Waals surface area contributed by atoms with Crippen LogP contribution in [-0.2, 0) is 40.6 Å². The smallest absolute Gasteiger partial charge is 0.416 e. The predicted molar refractivity (Wildman–Crippen MR) is 111 cm³/mol. The molecule has 0 spiro atoms. The van der Waals surface area contributed by atoms with Crippen molar-refractivity contribution in [2.24, 2.45) is 0 Å². The van der Waals surface area contributed by atoms with Gasteiger partial charge >= 0.3 is 16.4 Å². The minimum atomic E-state index is -4.41. The average molecular weight is 487 g/mol. The zero-order chi connectivity index (χ0) is 24.0. The highest BCUT2D eigenvalue weighted by Crippen LogP contribution is 2.39. The summed E-state index contributed by atoms with van der Waals surface area (Å²) in [5, 5.41) is 10.3. The Hall–Kier alpha value is -2.86. The van der Waals surface area contributed by atoms with Crippen LogP contribution in [0.25, 0.3) is 0 Å². The van der Waals surface area contributed by atoms with Crippen molar-refractivity contribution in [2.75, 3.05) is 23.9 Å². The first kappa shape index (κ1) is 23.3. The van der Waals surface area contributed by atoms with Gasteiger partial charge in [-0.3, -0.25) is 9.69 Å². The maximum Gasteiger partial charge on any atom is 0.416 e. The highest BCUT2D eigenvalue weighted by molar-refractivity contribution is 7.92. The highest BCUT2D eigenvalue weighted by Gasteiger charge is 2.39. The molecule has 4 rings (SSSR count). The SMILES string of the molecule is O=C1CN(c2c(O)cc3c(c2F)CN(CCCc2cccc(C(F)(F)F)c2)CC3)S(=O)(=O)N1. The molecule has 0 unspecified atom stereocenters. The number of rotatable bonds is 5. The van der Waals surface area contributed by atoms with Crippen LogP contribution in [0, 0.1) is 5.82 Å². The summed E-state index contributed by atoms with van der Waals surface area (Å²) in [4.78, 5) is 13.4. The largest absolute Gasteiger partial charge is 0.506 e. The number of aryl methyl sites for hydroxylation is 1. The lowest BCUT2D eigenvalue weighted by molar-refractivity contribution is -0.137. The molecule has 1 amide bonds. The van der Waals surface area contributed by atoms with Crippen molar-refractivity contribution in [1.82, 2.24) is 9.62 Å². The summed E-state index contributed by atoms with van der Waals surface area (Å²) in [5.41, 5.74) is 0.0440. The maximum atomic E-state index is 15.3. The van der Waals surface area contributed by atoms with E-state index in [-0.39, 0.29) is 12.1 Å². The molecular formula is C21H21F4N3O4S. The standard InChI is InChI=1S/C21H21F4N3O4S/c22-19-16-11-27(7-2-4-13-3-1-5-15(9-13)21(23,24)25)8-6-14(16)10-17(29)20(19)28-12-18(30)26-33(28,31)32/h1,3,5,9-10,29H,2,4,6-8,11-12H2,(H,26,30). The Bertz CT molecular complexity index is 1200. The molecule has 0 saturated carbocycles. The number of aromatic hydroxyl groups is 1. The fourth-order valence-electron chi connectivity index (χ4n) is 4.18. The van der Waals surface area contributed by atoms with Crippen LogP contribution in [0.2, 0.25) is 0 Å². The van der Waals surface area contributed by atoms with Crippen LogP contribution in [0.1, 0.15) is 28.7 Å². The van der Waals surface area contributed by atoms with Gasteiger partial charge in [0.05, 0.1) is 5.56 Å². The van der Waals surface area contributed by atoms with Gasteiger partial charge in [-0.2, -0.15) is 21.6 Å². The molecule has 1 fully saturated rings. The summed E-state index contributed by atoms with van der Waals surface area (Å²) in [7, 11) is -4.29. The van der Waals surface area contributed by atoms with Crippen molar-refractivity contribution >= 4 is 21.8 Å². The number of alkyl halides is 3. The molecule has 0 aromatic heterocycles. The summed E-state index contributed by atoms with van der Waals surface area (Å²) in [6.45, 7) is 0.557. The van der Waals surface area contributed by atoms with E-state index in [9.17, 15) is 31.5 Å². The number of phenolic OH excluding ortho intramolecular Hbond substituents is 1. The van der Waals surface area contributed by atoms with Crippen molar-refractivity contribution in [3.8, 4) is 5.75 Å². The maximum absolute atomic E-state index is 15.3. The molecule has 0 radical (unpaired) electrons. The van der Waals surface area contributed by atoms with E-state index >= 15 is 4.39 Å². The second-order valence-electron chi connectivity index (χ2n) is 8.06. The van der Waals surface area contributed by atoms with Crippen molar-refractivity contribution in [3.63, 3.8) is 0 Å². The summed E-state index contributed by atoms with van der Waals surface area (Å²) >= 11 is 0. The molecule has 12 heteroatoms. The van der Waals surface area contributed by atoms with Crippen LogP contribution in [0.3, 0.4) is 0 Å². The number of carbonyl (C=O) groups is 1. The third kappa shape index (κ3) is 4.76. The highest BCUT2D eigenvalue weighted by atomic mass is 32.2. The molecule has 2 aliphatic heterocycles. The topological polar surface area (TPSA) is 90.0 Å². The first-order valence-electron chi connectivity index (χ1n) is 10.2. The van der Waals surface area contributed by atoms with E-state index in [0.29, 0.717) is 47.8 Å². The van der Waals surface area contributed by atoms with Gasteiger partial charge in [-0.1, -0.05) is 18.2 Å². The number of benzene rings is 2. The Balaban J connectivity index is 1.47. The third-order valence-electron chi connectivity index (χ3n) is 5.76. The van der Waals surface area contributed by atoms with E-state index in [4.69, 9.17) is 0 Å². The summed E-state index contributed by atoms with van der Waals surface area (Å²) in [5.74, 6) is -2.31. The van der Waals surface area contributed by atoms with Crippen LogP contribution < -0.4 is 9.03 Å². The van der Waals surface area contributed by atoms with E-state index in [0.717, 1.165) is 12.1 Å². The zero-order valence-electron chi connectivity index (χ0n) is 17.3. The van der Waals surface area contributed by atoms with Gasteiger partial charge in [-0.25, -0.2) is 13.4 Å². The quantitative estimate of drug-likeness (QED) is 0.634. The molecule has 7 nitrogen and oxygen atoms in total. The fraction of sp³-hybridized carbons (Fsp3) is 0.381. The second kappa shape index (κ2) is 8.49. The van der Waals surface area contributed by atoms with Gasteiger partial charge in [0.1, 0.15) is 18.0 Å². The van der Waals surface area contributed by atoms with E-state index < -0.39 is 51.7 Å². The average Bonchev–Trinajstić information content (AvgIpc) is 3.00. The molecular weight excluding hydrogens is 466 g/mol. The number of anilines is 1. The number of halogens is 4. The molecule has 1 saturated heterocycles. The monoisotopic (exact) mass is 487 g/mol. The first-order valence-corrected chi connectivity index (χ1v) is 11.6. The Labute approximate surface area is 187 Å². The molecule has 0 bridgehead atoms. The van der Waals surface area contributed by atoms with Gasteiger partial charge in [0.25, 0.3) is 5.91 Å². The molecule has 0 atom stereocenters. The van der Waals surface area contributed by atoms with Crippen LogP contribution in [-0.4, -0.2) is 44.0 Å². The van der Waals surface area contributed by atoms with Crippen molar-refractivity contribution < 1.29 is 35.9 Å². The lowest BCUT2D eigenvalue weighted by Crippen LogP contribution is -2.34. The Morgan fingerprint density at radius 1 is 1.15 bits per heavy atom. The van der Waals surface area contributed by atoms with Crippen molar-refractivity contribution in [2.45, 2.75) is 32.0 Å². The second-order valence-corrected chi connectivity index (χ2v) is 9.66. The van der Waals surface area contributed by atoms with E-state index in [1.165, 1.54) is 12.1 Å². The molecule has 33 heavy (non-hydrogen) atoms. The minimum Gasteiger partial charge on any atom is -0.506 e. The number of hydrogen-bond donors (Lipinski definition) is 2. The number of nitrogens with one attached hydrogen (secondary N) is 1. The van der Waals surface area contributed by atoms with E-state index in [1.807, 2.05) is 4.90 Å². The molecule has 0 aliphatic carbocycles. The Morgan fingerprint density at radius 2 is 1.91 bits per heavy atom. The molecule has 2 heterocycles. The van der Waals surface area contributed by atoms with Gasteiger partial charge in [-0.15, -0.1) is 0 Å². The minimum absolute atomic E-state index is 0.145. The van der Waals surface area contributed by atoms with Gasteiger partial charge in [0, 0.05) is 18.7 Å². The first-order chi connectivity index (χ1) is 15.5. The number of fused-ring (bicyclic) bond motifs is 1. The van der Waals surface area contributed by atoms with Gasteiger partial charge < -0.3 is 5.11 Å². The molecule has 2 aromatic rings. The normalized spacial score (nSPS) is 18.3. The van der Waals surface area contributed by atoms with Gasteiger partial charge in [0.15, 0.2) is 5.82 Å². The Kier molecular flexibility index (Phi) is 5.99. The summed E-state index contributed by atoms with van der Waals surface area (Å²) in [6.07, 6.45) is -3.04. The number of amides is 1. The molecule has 2 aromatic carbocycles. The van der Waals surface area contributed by atoms with Gasteiger partial charge in [-0.05, 0) is 49.1 Å². The van der Waals surface area contributed by atoms with E-state index in [2.05, 4.69) is 0 Å². The molecule has 2 N–H and O–H groups in total. The lowest BCUT2D eigenvalue weighted by Gasteiger charge is -2.30. The van der Waals surface area contributed by atoms with Crippen LogP contribution in [0.4, 0.5) is 23.2 Å². The molecule has 2 aliphatic rings. The van der Waals surface area contributed by atoms with Gasteiger partial charge in [0.2, 0.25) is 0 Å². The van der Waals surface area contributed by atoms with Crippen molar-refractivity contribution in [3.05, 3.63) is 58.4 Å². The summed E-state index contributed by atoms with van der Waals surface area (Å²) in [6, 6.07) is 6.44. The number of carbonyl (C=O) groups excluding carboxylic acids is 1. The van der Waals surface area contributed by atoms with Crippen LogP contribution in [0.5, 0.6) is 5.75 Å². The predicted octanol–water partition coefficient (Wildman–Crippen LogP) is 2.72. The fourth-order valence-corrected chi connectivity index (χ4v) is 5.34. The Morgan fingerprint density at radius 3 is 2.58 bits per heavy atom.